The van der Waals surface area contributed by atoms with Crippen LogP contribution in [0.2, 0.25) is 0 Å². The molecule has 6 heteroatoms. The molecule has 0 saturated carbocycles. The Bertz CT molecular complexity index is 632. The van der Waals surface area contributed by atoms with Crippen molar-refractivity contribution < 1.29 is 9.90 Å². The molecule has 3 N–H and O–H groups in total. The van der Waals surface area contributed by atoms with Gasteiger partial charge in [-0.15, -0.1) is 0 Å². The Morgan fingerprint density at radius 1 is 1.14 bits per heavy atom. The number of aryl methyl sites for hydroxylation is 1. The Labute approximate surface area is 133 Å². The first-order valence-corrected chi connectivity index (χ1v) is 7.77. The average Bonchev–Trinajstić information content (AvgIpc) is 2.54. The summed E-state index contributed by atoms with van der Waals surface area (Å²) in [6.45, 7) is 0. The normalized spacial score (nSPS) is 10.5. The number of phenols is 1. The minimum absolute atomic E-state index is 0.116. The Hall–Kier alpha value is -2.47. The van der Waals surface area contributed by atoms with E-state index in [-0.39, 0.29) is 5.75 Å². The van der Waals surface area contributed by atoms with Gasteiger partial charge in [0.05, 0.1) is 6.21 Å². The molecule has 2 rings (SSSR count). The number of phenolic OH excluding ortho intramolecular Hbond substituents is 1. The summed E-state index contributed by atoms with van der Waals surface area (Å²) in [6.07, 6.45) is 2.27. The summed E-state index contributed by atoms with van der Waals surface area (Å²) in [4.78, 5) is 11.5. The fourth-order valence-corrected chi connectivity index (χ4v) is 2.33. The van der Waals surface area contributed by atoms with Gasteiger partial charge in [0.25, 0.3) is 0 Å². The number of aromatic hydroxyl groups is 1. The molecule has 0 aliphatic heterocycles. The number of carbonyl (C=O) groups is 1. The summed E-state index contributed by atoms with van der Waals surface area (Å²) in [5, 5.41) is 13.3. The van der Waals surface area contributed by atoms with Gasteiger partial charge in [0.2, 0.25) is 0 Å². The quantitative estimate of drug-likeness (QED) is 0.332. The van der Waals surface area contributed by atoms with Crippen molar-refractivity contribution in [3.63, 3.8) is 0 Å². The van der Waals surface area contributed by atoms with Crippen LogP contribution in [-0.2, 0) is 6.42 Å². The lowest BCUT2D eigenvalue weighted by molar-refractivity contribution is 0.247. The predicted octanol–water partition coefficient (Wildman–Crippen LogP) is 2.92. The van der Waals surface area contributed by atoms with Crippen LogP contribution in [0.5, 0.6) is 5.75 Å². The Balaban J connectivity index is 1.65. The highest BCUT2D eigenvalue weighted by Crippen LogP contribution is 2.12. The lowest BCUT2D eigenvalue weighted by Gasteiger charge is -2.03. The van der Waals surface area contributed by atoms with Crippen LogP contribution < -0.4 is 10.1 Å². The Morgan fingerprint density at radius 3 is 2.64 bits per heavy atom. The highest BCUT2D eigenvalue weighted by Gasteiger charge is 1.99. The summed E-state index contributed by atoms with van der Waals surface area (Å²) in [5.41, 5.74) is 4.12. The number of amides is 2. The van der Waals surface area contributed by atoms with Crippen LogP contribution >= 0.6 is 11.9 Å². The number of hydrazone groups is 1. The number of nitrogens with one attached hydrogen (secondary N) is 2. The largest absolute Gasteiger partial charge is 0.507 e. The van der Waals surface area contributed by atoms with E-state index in [1.165, 1.54) is 23.7 Å². The molecule has 2 aromatic rings. The second-order valence-electron chi connectivity index (χ2n) is 4.44. The number of carbonyl (C=O) groups excluding carboxylic acids is 1. The van der Waals surface area contributed by atoms with E-state index in [0.717, 1.165) is 12.2 Å². The van der Waals surface area contributed by atoms with Gasteiger partial charge in [-0.3, -0.25) is 4.72 Å². The van der Waals surface area contributed by atoms with Crippen LogP contribution in [-0.4, -0.2) is 23.1 Å². The summed E-state index contributed by atoms with van der Waals surface area (Å²) in [5.74, 6) is 0.895. The first-order chi connectivity index (χ1) is 10.8. The number of para-hydroxylation sites is 1. The van der Waals surface area contributed by atoms with Crippen molar-refractivity contribution in [3.8, 4) is 5.75 Å². The molecule has 114 valence electrons. The highest BCUT2D eigenvalue weighted by atomic mass is 32.2. The molecule has 0 aromatic heterocycles. The van der Waals surface area contributed by atoms with Gasteiger partial charge in [-0.25, -0.2) is 10.2 Å². The standard InChI is InChI=1S/C16H17N3O2S/c20-15-9-5-4-8-14(15)12-17-18-16(21)19-22-11-10-13-6-2-1-3-7-13/h1-9,12,20H,10-11H2,(H2,18,19,21)/b17-12+. The molecule has 0 radical (unpaired) electrons. The monoisotopic (exact) mass is 315 g/mol. The predicted molar refractivity (Wildman–Crippen MR) is 90.0 cm³/mol. The first-order valence-electron chi connectivity index (χ1n) is 6.78. The number of nitrogens with zero attached hydrogens (tertiary/aromatic N) is 1. The van der Waals surface area contributed by atoms with Gasteiger partial charge in [-0.05, 0) is 36.1 Å². The van der Waals surface area contributed by atoms with Crippen LogP contribution in [0.25, 0.3) is 0 Å². The van der Waals surface area contributed by atoms with Crippen molar-refractivity contribution in [1.29, 1.82) is 0 Å². The van der Waals surface area contributed by atoms with E-state index in [4.69, 9.17) is 0 Å². The fourth-order valence-electron chi connectivity index (χ4n) is 1.71. The van der Waals surface area contributed by atoms with Crippen LogP contribution in [0.4, 0.5) is 4.79 Å². The zero-order valence-electron chi connectivity index (χ0n) is 11.9. The summed E-state index contributed by atoms with van der Waals surface area (Å²) in [7, 11) is 0. The SMILES string of the molecule is O=C(N/N=C/c1ccccc1O)NSCCc1ccccc1. The van der Waals surface area contributed by atoms with Gasteiger partial charge in [0, 0.05) is 11.3 Å². The van der Waals surface area contributed by atoms with Crippen LogP contribution in [0.3, 0.4) is 0 Å². The third-order valence-electron chi connectivity index (χ3n) is 2.81. The van der Waals surface area contributed by atoms with E-state index < -0.39 is 6.03 Å². The van der Waals surface area contributed by atoms with Gasteiger partial charge in [-0.1, -0.05) is 42.5 Å². The molecule has 0 atom stereocenters. The molecule has 0 bridgehead atoms. The second-order valence-corrected chi connectivity index (χ2v) is 5.35. The van der Waals surface area contributed by atoms with E-state index in [9.17, 15) is 9.90 Å². The van der Waals surface area contributed by atoms with E-state index >= 15 is 0 Å². The minimum Gasteiger partial charge on any atom is -0.507 e. The lowest BCUT2D eigenvalue weighted by Crippen LogP contribution is -2.27. The molecule has 0 aliphatic carbocycles. The fraction of sp³-hybridized carbons (Fsp3) is 0.125. The van der Waals surface area contributed by atoms with Crippen molar-refractivity contribution in [1.82, 2.24) is 10.1 Å². The molecule has 0 spiro atoms. The third-order valence-corrected chi connectivity index (χ3v) is 3.54. The molecule has 22 heavy (non-hydrogen) atoms. The molecular formula is C16H17N3O2S. The van der Waals surface area contributed by atoms with E-state index in [1.807, 2.05) is 18.2 Å². The maximum absolute atomic E-state index is 11.5. The highest BCUT2D eigenvalue weighted by molar-refractivity contribution is 7.97. The number of hydrogen-bond acceptors (Lipinski definition) is 4. The number of urea groups is 1. The second kappa shape index (κ2) is 8.74. The number of hydrogen-bond donors (Lipinski definition) is 3. The van der Waals surface area contributed by atoms with Crippen molar-refractivity contribution in [3.05, 3.63) is 65.7 Å². The molecule has 0 fully saturated rings. The summed E-state index contributed by atoms with van der Waals surface area (Å²) < 4.78 is 2.64. The van der Waals surface area contributed by atoms with E-state index in [1.54, 1.807) is 24.3 Å². The maximum Gasteiger partial charge on any atom is 0.345 e. The maximum atomic E-state index is 11.5. The molecule has 0 unspecified atom stereocenters. The van der Waals surface area contributed by atoms with Gasteiger partial charge in [0.1, 0.15) is 5.75 Å². The van der Waals surface area contributed by atoms with Crippen LogP contribution in [0.1, 0.15) is 11.1 Å². The van der Waals surface area contributed by atoms with Gasteiger partial charge >= 0.3 is 6.03 Å². The minimum atomic E-state index is -0.398. The molecule has 2 aromatic carbocycles. The molecule has 0 heterocycles. The average molecular weight is 315 g/mol. The first kappa shape index (κ1) is 15.9. The van der Waals surface area contributed by atoms with Gasteiger partial charge in [-0.2, -0.15) is 5.10 Å². The topological polar surface area (TPSA) is 73.7 Å². The lowest BCUT2D eigenvalue weighted by atomic mass is 10.2. The van der Waals surface area contributed by atoms with Crippen molar-refractivity contribution >= 4 is 24.2 Å². The van der Waals surface area contributed by atoms with Crippen LogP contribution in [0.15, 0.2) is 59.7 Å². The van der Waals surface area contributed by atoms with Crippen molar-refractivity contribution in [2.75, 3.05) is 5.75 Å². The number of rotatable bonds is 6. The van der Waals surface area contributed by atoms with E-state index in [2.05, 4.69) is 27.4 Å². The van der Waals surface area contributed by atoms with E-state index in [0.29, 0.717) is 5.56 Å². The molecule has 0 saturated heterocycles. The number of benzene rings is 2. The zero-order valence-corrected chi connectivity index (χ0v) is 12.7. The molecule has 0 aliphatic rings. The van der Waals surface area contributed by atoms with Gasteiger partial charge in [0.15, 0.2) is 0 Å². The molecule has 5 nitrogen and oxygen atoms in total. The zero-order chi connectivity index (χ0) is 15.6. The smallest absolute Gasteiger partial charge is 0.345 e. The molecule has 2 amide bonds. The van der Waals surface area contributed by atoms with Crippen LogP contribution in [0, 0.1) is 0 Å². The Kier molecular flexibility index (Phi) is 6.32. The van der Waals surface area contributed by atoms with Gasteiger partial charge < -0.3 is 5.11 Å². The van der Waals surface area contributed by atoms with Crippen molar-refractivity contribution in [2.45, 2.75) is 6.42 Å². The Morgan fingerprint density at radius 2 is 1.86 bits per heavy atom. The van der Waals surface area contributed by atoms with Crippen molar-refractivity contribution in [2.24, 2.45) is 5.10 Å². The summed E-state index contributed by atoms with van der Waals surface area (Å²) >= 11 is 1.32. The molecular weight excluding hydrogens is 298 g/mol. The summed E-state index contributed by atoms with van der Waals surface area (Å²) in [6, 6.07) is 16.4. The third kappa shape index (κ3) is 5.49.